The smallest absolute Gasteiger partial charge is 0.337 e. The van der Waals surface area contributed by atoms with Crippen LogP contribution in [0.5, 0.6) is 5.75 Å². The highest BCUT2D eigenvalue weighted by molar-refractivity contribution is 6.07. The van der Waals surface area contributed by atoms with Crippen LogP contribution in [-0.4, -0.2) is 31.3 Å². The zero-order chi connectivity index (χ0) is 18.5. The molecule has 0 aliphatic carbocycles. The van der Waals surface area contributed by atoms with Crippen molar-refractivity contribution in [1.82, 2.24) is 5.16 Å². The lowest BCUT2D eigenvalue weighted by Gasteiger charge is -2.06. The van der Waals surface area contributed by atoms with Gasteiger partial charge < -0.3 is 19.3 Å². The number of hydrogen-bond acceptors (Lipinski definition) is 6. The molecule has 26 heavy (non-hydrogen) atoms. The molecule has 0 saturated carbocycles. The first-order valence-corrected chi connectivity index (χ1v) is 7.71. The van der Waals surface area contributed by atoms with Crippen molar-refractivity contribution < 1.29 is 23.6 Å². The van der Waals surface area contributed by atoms with Gasteiger partial charge in [0.2, 0.25) is 0 Å². The maximum atomic E-state index is 12.5. The van der Waals surface area contributed by atoms with Crippen molar-refractivity contribution in [1.29, 1.82) is 0 Å². The molecule has 1 heterocycles. The normalized spacial score (nSPS) is 10.2. The third-order valence-corrected chi connectivity index (χ3v) is 3.73. The zero-order valence-corrected chi connectivity index (χ0v) is 14.2. The Morgan fingerprint density at radius 3 is 2.31 bits per heavy atom. The molecule has 1 N–H and O–H groups in total. The quantitative estimate of drug-likeness (QED) is 0.708. The van der Waals surface area contributed by atoms with E-state index in [1.54, 1.807) is 55.6 Å². The summed E-state index contributed by atoms with van der Waals surface area (Å²) in [6.07, 6.45) is 1.36. The van der Waals surface area contributed by atoms with Gasteiger partial charge in [0.1, 0.15) is 11.3 Å². The van der Waals surface area contributed by atoms with Crippen molar-refractivity contribution in [3.05, 3.63) is 65.9 Å². The van der Waals surface area contributed by atoms with Gasteiger partial charge >= 0.3 is 5.97 Å². The SMILES string of the molecule is COC(=O)c1ccc(NC(=O)c2cnoc2-c2ccc(OC)cc2)cc1. The van der Waals surface area contributed by atoms with Gasteiger partial charge in [-0.1, -0.05) is 5.16 Å². The largest absolute Gasteiger partial charge is 0.497 e. The van der Waals surface area contributed by atoms with Crippen molar-refractivity contribution in [3.8, 4) is 17.1 Å². The van der Waals surface area contributed by atoms with E-state index in [2.05, 4.69) is 15.2 Å². The topological polar surface area (TPSA) is 90.7 Å². The van der Waals surface area contributed by atoms with Crippen molar-refractivity contribution in [2.24, 2.45) is 0 Å². The van der Waals surface area contributed by atoms with Crippen LogP contribution in [0.25, 0.3) is 11.3 Å². The average molecular weight is 352 g/mol. The van der Waals surface area contributed by atoms with Crippen LogP contribution in [-0.2, 0) is 4.74 Å². The lowest BCUT2D eigenvalue weighted by Crippen LogP contribution is -2.12. The summed E-state index contributed by atoms with van der Waals surface area (Å²) < 4.78 is 15.0. The molecule has 0 aliphatic heterocycles. The van der Waals surface area contributed by atoms with Crippen LogP contribution in [0.3, 0.4) is 0 Å². The van der Waals surface area contributed by atoms with Crippen molar-refractivity contribution in [2.75, 3.05) is 19.5 Å². The lowest BCUT2D eigenvalue weighted by molar-refractivity contribution is 0.0600. The van der Waals surface area contributed by atoms with Crippen LogP contribution in [0.4, 0.5) is 5.69 Å². The molecule has 0 bridgehead atoms. The molecular formula is C19H16N2O5. The lowest BCUT2D eigenvalue weighted by atomic mass is 10.1. The molecule has 7 heteroatoms. The van der Waals surface area contributed by atoms with E-state index < -0.39 is 5.97 Å². The molecule has 0 radical (unpaired) electrons. The summed E-state index contributed by atoms with van der Waals surface area (Å²) in [6.45, 7) is 0. The maximum absolute atomic E-state index is 12.5. The van der Waals surface area contributed by atoms with E-state index in [9.17, 15) is 9.59 Å². The first-order valence-electron chi connectivity index (χ1n) is 7.71. The zero-order valence-electron chi connectivity index (χ0n) is 14.2. The number of hydrogen-bond donors (Lipinski definition) is 1. The summed E-state index contributed by atoms with van der Waals surface area (Å²) in [4.78, 5) is 24.0. The fourth-order valence-electron chi connectivity index (χ4n) is 2.36. The predicted molar refractivity (Wildman–Crippen MR) is 94.2 cm³/mol. The second kappa shape index (κ2) is 7.52. The number of esters is 1. The Kier molecular flexibility index (Phi) is 4.98. The van der Waals surface area contributed by atoms with Crippen molar-refractivity contribution in [2.45, 2.75) is 0 Å². The van der Waals surface area contributed by atoms with Crippen molar-refractivity contribution in [3.63, 3.8) is 0 Å². The van der Waals surface area contributed by atoms with Gasteiger partial charge in [0, 0.05) is 11.3 Å². The van der Waals surface area contributed by atoms with Gasteiger partial charge in [0.05, 0.1) is 26.0 Å². The number of ether oxygens (including phenoxy) is 2. The van der Waals surface area contributed by atoms with E-state index in [4.69, 9.17) is 9.26 Å². The monoisotopic (exact) mass is 352 g/mol. The molecule has 0 unspecified atom stereocenters. The van der Waals surface area contributed by atoms with E-state index in [0.29, 0.717) is 33.9 Å². The number of nitrogens with one attached hydrogen (secondary N) is 1. The van der Waals surface area contributed by atoms with E-state index in [-0.39, 0.29) is 5.91 Å². The molecule has 3 rings (SSSR count). The van der Waals surface area contributed by atoms with Crippen LogP contribution >= 0.6 is 0 Å². The molecule has 2 aromatic carbocycles. The summed E-state index contributed by atoms with van der Waals surface area (Å²) in [5, 5.41) is 6.47. The highest BCUT2D eigenvalue weighted by Crippen LogP contribution is 2.26. The molecule has 0 atom stereocenters. The maximum Gasteiger partial charge on any atom is 0.337 e. The number of nitrogens with zero attached hydrogens (tertiary/aromatic N) is 1. The number of benzene rings is 2. The highest BCUT2D eigenvalue weighted by Gasteiger charge is 2.18. The minimum absolute atomic E-state index is 0.298. The Morgan fingerprint density at radius 1 is 1.00 bits per heavy atom. The number of rotatable bonds is 5. The Hall–Kier alpha value is -3.61. The third-order valence-electron chi connectivity index (χ3n) is 3.73. The summed E-state index contributed by atoms with van der Waals surface area (Å²) >= 11 is 0. The first kappa shape index (κ1) is 17.2. The summed E-state index contributed by atoms with van der Waals surface area (Å²) in [5.41, 5.74) is 1.93. The Bertz CT molecular complexity index is 914. The number of anilines is 1. The standard InChI is InChI=1S/C19H16N2O5/c1-24-15-9-5-12(6-10-15)17-16(11-20-26-17)18(22)21-14-7-3-13(4-8-14)19(23)25-2/h3-11H,1-2H3,(H,21,22). The predicted octanol–water partition coefficient (Wildman–Crippen LogP) is 3.39. The fourth-order valence-corrected chi connectivity index (χ4v) is 2.36. The minimum Gasteiger partial charge on any atom is -0.497 e. The molecular weight excluding hydrogens is 336 g/mol. The molecule has 1 aromatic heterocycles. The molecule has 132 valence electrons. The second-order valence-corrected chi connectivity index (χ2v) is 5.32. The number of aromatic nitrogens is 1. The molecule has 0 spiro atoms. The van der Waals surface area contributed by atoms with Gasteiger partial charge in [0.15, 0.2) is 5.76 Å². The molecule has 7 nitrogen and oxygen atoms in total. The molecule has 0 fully saturated rings. The highest BCUT2D eigenvalue weighted by atomic mass is 16.5. The van der Waals surface area contributed by atoms with Gasteiger partial charge in [-0.05, 0) is 48.5 Å². The molecule has 1 amide bonds. The van der Waals surface area contributed by atoms with E-state index in [1.807, 2.05) is 0 Å². The second-order valence-electron chi connectivity index (χ2n) is 5.32. The molecule has 3 aromatic rings. The first-order chi connectivity index (χ1) is 12.6. The third kappa shape index (κ3) is 3.56. The van der Waals surface area contributed by atoms with Gasteiger partial charge in [-0.3, -0.25) is 4.79 Å². The summed E-state index contributed by atoms with van der Waals surface area (Å²) in [7, 11) is 2.89. The van der Waals surface area contributed by atoms with Crippen molar-refractivity contribution >= 4 is 17.6 Å². The number of carbonyl (C=O) groups excluding carboxylic acids is 2. The van der Waals surface area contributed by atoms with Crippen LogP contribution in [0.2, 0.25) is 0 Å². The van der Waals surface area contributed by atoms with E-state index in [0.717, 1.165) is 0 Å². The fraction of sp³-hybridized carbons (Fsp3) is 0.105. The number of carbonyl (C=O) groups is 2. The van der Waals surface area contributed by atoms with Crippen LogP contribution < -0.4 is 10.1 Å². The summed E-state index contributed by atoms with van der Waals surface area (Å²) in [5.74, 6) is 0.243. The number of methoxy groups -OCH3 is 2. The Labute approximate surface area is 149 Å². The van der Waals surface area contributed by atoms with E-state index in [1.165, 1.54) is 13.3 Å². The Balaban J connectivity index is 1.78. The van der Waals surface area contributed by atoms with E-state index >= 15 is 0 Å². The number of amides is 1. The van der Waals surface area contributed by atoms with Crippen LogP contribution in [0.15, 0.2) is 59.3 Å². The minimum atomic E-state index is -0.441. The average Bonchev–Trinajstić information content (AvgIpc) is 3.18. The van der Waals surface area contributed by atoms with Crippen LogP contribution in [0, 0.1) is 0 Å². The summed E-state index contributed by atoms with van der Waals surface area (Å²) in [6, 6.07) is 13.5. The van der Waals surface area contributed by atoms with Gasteiger partial charge in [0.25, 0.3) is 5.91 Å². The van der Waals surface area contributed by atoms with Gasteiger partial charge in [-0.15, -0.1) is 0 Å². The Morgan fingerprint density at radius 2 is 1.69 bits per heavy atom. The van der Waals surface area contributed by atoms with Gasteiger partial charge in [-0.25, -0.2) is 4.79 Å². The van der Waals surface area contributed by atoms with Crippen LogP contribution in [0.1, 0.15) is 20.7 Å². The molecule has 0 saturated heterocycles. The van der Waals surface area contributed by atoms with Gasteiger partial charge in [-0.2, -0.15) is 0 Å². The molecule has 0 aliphatic rings.